The van der Waals surface area contributed by atoms with Crippen LogP contribution in [-0.2, 0) is 6.42 Å². The SMILES string of the molecule is CC(C)Oc1ccc(C#Cc2ccc(C(=O)NCCCO)cc2)cc1C(=O)N[C@@H](CO)Cc1c[nH]c2ccccc12. The summed E-state index contributed by atoms with van der Waals surface area (Å²) < 4.78 is 5.91. The van der Waals surface area contributed by atoms with Crippen molar-refractivity contribution in [3.63, 3.8) is 0 Å². The van der Waals surface area contributed by atoms with Crippen LogP contribution in [0.4, 0.5) is 0 Å². The first kappa shape index (κ1) is 29.4. The Balaban J connectivity index is 1.50. The lowest BCUT2D eigenvalue weighted by Gasteiger charge is -2.19. The molecular weight excluding hydrogens is 518 g/mol. The summed E-state index contributed by atoms with van der Waals surface area (Å²) in [5.41, 5.74) is 4.18. The molecule has 0 aliphatic heterocycles. The molecule has 0 unspecified atom stereocenters. The normalized spacial score (nSPS) is 11.5. The Morgan fingerprint density at radius 1 is 0.951 bits per heavy atom. The number of nitrogens with one attached hydrogen (secondary N) is 3. The third-order valence-corrected chi connectivity index (χ3v) is 6.40. The minimum absolute atomic E-state index is 0.0236. The highest BCUT2D eigenvalue weighted by Gasteiger charge is 2.19. The van der Waals surface area contributed by atoms with E-state index in [1.807, 2.05) is 44.3 Å². The highest BCUT2D eigenvalue weighted by atomic mass is 16.5. The third-order valence-electron chi connectivity index (χ3n) is 6.40. The molecule has 0 spiro atoms. The number of carbonyl (C=O) groups excluding carboxylic acids is 2. The Kier molecular flexibility index (Phi) is 10.2. The van der Waals surface area contributed by atoms with Gasteiger partial charge in [-0.1, -0.05) is 30.0 Å². The summed E-state index contributed by atoms with van der Waals surface area (Å²) in [4.78, 5) is 28.8. The first-order valence-electron chi connectivity index (χ1n) is 13.7. The lowest BCUT2D eigenvalue weighted by Crippen LogP contribution is -2.39. The standard InChI is InChI=1S/C33H35N3O5/c1-22(2)41-31-15-12-24(9-8-23-10-13-25(14-11-23)32(39)34-16-5-17-37)18-29(31)33(40)36-27(21-38)19-26-20-35-30-7-4-3-6-28(26)30/h3-4,6-7,10-15,18,20,22,27,35,37-38H,5,16-17,19,21H2,1-2H3,(H,34,39)(H,36,40)/t27-/m1/s1. The Morgan fingerprint density at radius 2 is 1.68 bits per heavy atom. The fourth-order valence-electron chi connectivity index (χ4n) is 4.36. The summed E-state index contributed by atoms with van der Waals surface area (Å²) in [7, 11) is 0. The van der Waals surface area contributed by atoms with Gasteiger partial charge in [-0.2, -0.15) is 0 Å². The van der Waals surface area contributed by atoms with E-state index < -0.39 is 6.04 Å². The molecule has 0 aliphatic carbocycles. The zero-order chi connectivity index (χ0) is 29.2. The zero-order valence-electron chi connectivity index (χ0n) is 23.2. The Bertz CT molecular complexity index is 1550. The lowest BCUT2D eigenvalue weighted by atomic mass is 10.0. The molecule has 1 heterocycles. The topological polar surface area (TPSA) is 124 Å². The van der Waals surface area contributed by atoms with Gasteiger partial charge in [-0.25, -0.2) is 0 Å². The first-order valence-corrected chi connectivity index (χ1v) is 13.7. The number of aromatic nitrogens is 1. The van der Waals surface area contributed by atoms with Crippen molar-refractivity contribution in [2.45, 2.75) is 38.8 Å². The molecule has 4 rings (SSSR count). The van der Waals surface area contributed by atoms with Crippen molar-refractivity contribution in [1.29, 1.82) is 0 Å². The second kappa shape index (κ2) is 14.2. The van der Waals surface area contributed by atoms with Gasteiger partial charge in [0.2, 0.25) is 0 Å². The zero-order valence-corrected chi connectivity index (χ0v) is 23.2. The number of aliphatic hydroxyl groups excluding tert-OH is 2. The van der Waals surface area contributed by atoms with E-state index in [1.165, 1.54) is 0 Å². The molecule has 1 aromatic heterocycles. The van der Waals surface area contributed by atoms with Gasteiger partial charge in [-0.05, 0) is 80.8 Å². The van der Waals surface area contributed by atoms with Crippen molar-refractivity contribution in [3.8, 4) is 17.6 Å². The molecule has 0 radical (unpaired) electrons. The van der Waals surface area contributed by atoms with Crippen molar-refractivity contribution in [3.05, 3.63) is 101 Å². The van der Waals surface area contributed by atoms with Crippen LogP contribution in [-0.4, -0.2) is 58.9 Å². The van der Waals surface area contributed by atoms with Gasteiger partial charge in [0, 0.05) is 46.9 Å². The number of hydrogen-bond acceptors (Lipinski definition) is 5. The fourth-order valence-corrected chi connectivity index (χ4v) is 4.36. The summed E-state index contributed by atoms with van der Waals surface area (Å²) in [6, 6.07) is 19.5. The van der Waals surface area contributed by atoms with Crippen LogP contribution in [0, 0.1) is 11.8 Å². The van der Waals surface area contributed by atoms with E-state index in [2.05, 4.69) is 27.5 Å². The van der Waals surface area contributed by atoms with Crippen LogP contribution in [0.25, 0.3) is 10.9 Å². The number of aromatic amines is 1. The summed E-state index contributed by atoms with van der Waals surface area (Å²) in [6.45, 7) is 3.99. The average molecular weight is 554 g/mol. The van der Waals surface area contributed by atoms with E-state index in [1.54, 1.807) is 42.5 Å². The number of aliphatic hydroxyl groups is 2. The second-order valence-electron chi connectivity index (χ2n) is 9.95. The average Bonchev–Trinajstić information content (AvgIpc) is 3.38. The number of fused-ring (bicyclic) bond motifs is 1. The Morgan fingerprint density at radius 3 is 2.41 bits per heavy atom. The van der Waals surface area contributed by atoms with Gasteiger partial charge in [-0.15, -0.1) is 0 Å². The van der Waals surface area contributed by atoms with Crippen LogP contribution in [0.15, 0.2) is 72.9 Å². The van der Waals surface area contributed by atoms with E-state index in [0.717, 1.165) is 16.5 Å². The molecule has 8 heteroatoms. The molecule has 1 atom stereocenters. The molecule has 5 N–H and O–H groups in total. The molecular formula is C33H35N3O5. The predicted octanol–water partition coefficient (Wildman–Crippen LogP) is 3.80. The third kappa shape index (κ3) is 7.98. The molecule has 2 amide bonds. The maximum absolute atomic E-state index is 13.4. The van der Waals surface area contributed by atoms with Crippen LogP contribution in [0.2, 0.25) is 0 Å². The summed E-state index contributed by atoms with van der Waals surface area (Å²) in [6.07, 6.45) is 2.72. The van der Waals surface area contributed by atoms with Crippen molar-refractivity contribution in [2.24, 2.45) is 0 Å². The highest BCUT2D eigenvalue weighted by Crippen LogP contribution is 2.23. The van der Waals surface area contributed by atoms with Crippen molar-refractivity contribution in [2.75, 3.05) is 19.8 Å². The molecule has 0 saturated carbocycles. The number of para-hydroxylation sites is 1. The number of amides is 2. The quantitative estimate of drug-likeness (QED) is 0.143. The van der Waals surface area contributed by atoms with Crippen LogP contribution in [0.3, 0.4) is 0 Å². The van der Waals surface area contributed by atoms with Gasteiger partial charge in [0.25, 0.3) is 11.8 Å². The monoisotopic (exact) mass is 553 g/mol. The Labute approximate surface area is 239 Å². The molecule has 0 fully saturated rings. The van der Waals surface area contributed by atoms with Gasteiger partial charge >= 0.3 is 0 Å². The van der Waals surface area contributed by atoms with Crippen molar-refractivity contribution < 1.29 is 24.5 Å². The van der Waals surface area contributed by atoms with Crippen LogP contribution in [0.1, 0.15) is 57.7 Å². The van der Waals surface area contributed by atoms with Crippen molar-refractivity contribution >= 4 is 22.7 Å². The molecule has 0 bridgehead atoms. The number of H-pyrrole nitrogens is 1. The van der Waals surface area contributed by atoms with Gasteiger partial charge < -0.3 is 30.6 Å². The summed E-state index contributed by atoms with van der Waals surface area (Å²) in [5.74, 6) is 6.02. The second-order valence-corrected chi connectivity index (χ2v) is 9.95. The molecule has 3 aromatic carbocycles. The van der Waals surface area contributed by atoms with Crippen molar-refractivity contribution in [1.82, 2.24) is 15.6 Å². The van der Waals surface area contributed by atoms with E-state index >= 15 is 0 Å². The predicted molar refractivity (Wildman–Crippen MR) is 159 cm³/mol. The number of rotatable bonds is 11. The lowest BCUT2D eigenvalue weighted by molar-refractivity contribution is 0.0909. The molecule has 8 nitrogen and oxygen atoms in total. The van der Waals surface area contributed by atoms with E-state index in [0.29, 0.717) is 47.4 Å². The molecule has 0 aliphatic rings. The molecule has 4 aromatic rings. The first-order chi connectivity index (χ1) is 19.9. The molecule has 0 saturated heterocycles. The van der Waals surface area contributed by atoms with Gasteiger partial charge in [0.15, 0.2) is 0 Å². The van der Waals surface area contributed by atoms with Crippen LogP contribution < -0.4 is 15.4 Å². The van der Waals surface area contributed by atoms with Gasteiger partial charge in [0.1, 0.15) is 5.75 Å². The van der Waals surface area contributed by atoms with Crippen LogP contribution in [0.5, 0.6) is 5.75 Å². The number of benzene rings is 3. The van der Waals surface area contributed by atoms with Crippen LogP contribution >= 0.6 is 0 Å². The number of hydrogen-bond donors (Lipinski definition) is 5. The summed E-state index contributed by atoms with van der Waals surface area (Å²) >= 11 is 0. The minimum atomic E-state index is -0.497. The summed E-state index contributed by atoms with van der Waals surface area (Å²) in [5, 5.41) is 25.7. The molecule has 212 valence electrons. The number of carbonyl (C=O) groups is 2. The van der Waals surface area contributed by atoms with E-state index in [-0.39, 0.29) is 31.1 Å². The largest absolute Gasteiger partial charge is 0.490 e. The maximum Gasteiger partial charge on any atom is 0.255 e. The smallest absolute Gasteiger partial charge is 0.255 e. The molecule has 41 heavy (non-hydrogen) atoms. The number of ether oxygens (including phenoxy) is 1. The Hall–Kier alpha value is -4.58. The minimum Gasteiger partial charge on any atom is -0.490 e. The van der Waals surface area contributed by atoms with E-state index in [4.69, 9.17) is 9.84 Å². The highest BCUT2D eigenvalue weighted by molar-refractivity contribution is 5.97. The van der Waals surface area contributed by atoms with E-state index in [9.17, 15) is 14.7 Å². The van der Waals surface area contributed by atoms with Gasteiger partial charge in [0.05, 0.1) is 24.3 Å². The maximum atomic E-state index is 13.4. The fraction of sp³-hybridized carbons (Fsp3) is 0.273. The van der Waals surface area contributed by atoms with Gasteiger partial charge in [-0.3, -0.25) is 9.59 Å².